The van der Waals surface area contributed by atoms with Gasteiger partial charge >= 0.3 is 5.97 Å². The maximum absolute atomic E-state index is 12.1. The van der Waals surface area contributed by atoms with Crippen molar-refractivity contribution in [3.8, 4) is 0 Å². The van der Waals surface area contributed by atoms with Gasteiger partial charge in [0.1, 0.15) is 0 Å². The summed E-state index contributed by atoms with van der Waals surface area (Å²) < 4.78 is 4.99. The number of rotatable bonds is 4. The molecule has 1 aromatic carbocycles. The minimum Gasteiger partial charge on any atom is -0.454 e. The number of esters is 1. The number of ketones is 1. The predicted molar refractivity (Wildman–Crippen MR) is 68.6 cm³/mol. The summed E-state index contributed by atoms with van der Waals surface area (Å²) in [6.07, 6.45) is 1.35. The normalized spacial score (nSPS) is 20.6. The molecule has 18 heavy (non-hydrogen) atoms. The maximum atomic E-state index is 12.1. The van der Waals surface area contributed by atoms with E-state index in [1.807, 2.05) is 24.3 Å². The molecule has 2 atom stereocenters. The lowest BCUT2D eigenvalue weighted by atomic mass is 9.96. The van der Waals surface area contributed by atoms with Gasteiger partial charge in [-0.05, 0) is 17.9 Å². The number of carbonyl (C=O) groups is 2. The standard InChI is InChI=1S/C15H18O3/c1-3-10(2)11-4-6-12(7-5-11)15(17)13-8-9-14(16)18-13/h4-7,10,13H,3,8-9H2,1-2H3. The molecule has 0 aliphatic carbocycles. The SMILES string of the molecule is CCC(C)c1ccc(C(=O)C2CCC(=O)O2)cc1. The lowest BCUT2D eigenvalue weighted by Gasteiger charge is -2.11. The van der Waals surface area contributed by atoms with E-state index in [9.17, 15) is 9.59 Å². The summed E-state index contributed by atoms with van der Waals surface area (Å²) in [5, 5.41) is 0. The molecule has 1 saturated heterocycles. The summed E-state index contributed by atoms with van der Waals surface area (Å²) >= 11 is 0. The molecule has 0 aromatic heterocycles. The lowest BCUT2D eigenvalue weighted by molar-refractivity contribution is -0.140. The van der Waals surface area contributed by atoms with Gasteiger partial charge in [-0.25, -0.2) is 0 Å². The third-order valence-corrected chi connectivity index (χ3v) is 3.55. The van der Waals surface area contributed by atoms with Crippen LogP contribution in [-0.2, 0) is 9.53 Å². The number of ether oxygens (including phenoxy) is 1. The second-order valence-corrected chi connectivity index (χ2v) is 4.81. The van der Waals surface area contributed by atoms with Crippen molar-refractivity contribution in [2.24, 2.45) is 0 Å². The third-order valence-electron chi connectivity index (χ3n) is 3.55. The number of cyclic esters (lactones) is 1. The summed E-state index contributed by atoms with van der Waals surface area (Å²) in [5.74, 6) is 0.139. The van der Waals surface area contributed by atoms with Gasteiger partial charge in [0.2, 0.25) is 5.78 Å². The van der Waals surface area contributed by atoms with Gasteiger partial charge in [0.25, 0.3) is 0 Å². The molecule has 1 heterocycles. The van der Waals surface area contributed by atoms with Crippen molar-refractivity contribution in [3.05, 3.63) is 35.4 Å². The molecule has 0 N–H and O–H groups in total. The number of hydrogen-bond donors (Lipinski definition) is 0. The predicted octanol–water partition coefficient (Wildman–Crippen LogP) is 3.09. The smallest absolute Gasteiger partial charge is 0.306 e. The zero-order chi connectivity index (χ0) is 13.1. The van der Waals surface area contributed by atoms with E-state index in [4.69, 9.17) is 4.74 Å². The molecule has 3 nitrogen and oxygen atoms in total. The first-order chi connectivity index (χ1) is 8.61. The van der Waals surface area contributed by atoms with E-state index < -0.39 is 6.10 Å². The first-order valence-electron chi connectivity index (χ1n) is 6.45. The zero-order valence-corrected chi connectivity index (χ0v) is 10.8. The van der Waals surface area contributed by atoms with Crippen LogP contribution in [0.1, 0.15) is 54.9 Å². The van der Waals surface area contributed by atoms with E-state index in [1.165, 1.54) is 5.56 Å². The van der Waals surface area contributed by atoms with Crippen molar-refractivity contribution < 1.29 is 14.3 Å². The Hall–Kier alpha value is -1.64. The van der Waals surface area contributed by atoms with Crippen molar-refractivity contribution in [1.82, 2.24) is 0 Å². The molecule has 0 radical (unpaired) electrons. The average Bonchev–Trinajstić information content (AvgIpc) is 2.84. The van der Waals surface area contributed by atoms with Gasteiger partial charge in [-0.3, -0.25) is 9.59 Å². The van der Waals surface area contributed by atoms with E-state index >= 15 is 0 Å². The number of Topliss-reactive ketones (excluding diaryl/α,β-unsaturated/α-hetero) is 1. The van der Waals surface area contributed by atoms with E-state index in [0.29, 0.717) is 24.3 Å². The van der Waals surface area contributed by atoms with E-state index in [-0.39, 0.29) is 11.8 Å². The molecule has 2 rings (SSSR count). The molecule has 96 valence electrons. The van der Waals surface area contributed by atoms with Crippen LogP contribution in [-0.4, -0.2) is 17.9 Å². The zero-order valence-electron chi connectivity index (χ0n) is 10.8. The highest BCUT2D eigenvalue weighted by Gasteiger charge is 2.30. The summed E-state index contributed by atoms with van der Waals surface area (Å²) in [6.45, 7) is 4.30. The molecule has 0 saturated carbocycles. The Bertz CT molecular complexity index is 447. The highest BCUT2D eigenvalue weighted by Crippen LogP contribution is 2.22. The Balaban J connectivity index is 2.09. The Morgan fingerprint density at radius 3 is 2.56 bits per heavy atom. The van der Waals surface area contributed by atoms with Gasteiger partial charge in [0.15, 0.2) is 6.10 Å². The minimum atomic E-state index is -0.577. The number of benzene rings is 1. The van der Waals surface area contributed by atoms with Crippen LogP contribution in [0.15, 0.2) is 24.3 Å². The second kappa shape index (κ2) is 5.34. The first kappa shape index (κ1) is 12.8. The van der Waals surface area contributed by atoms with E-state index in [1.54, 1.807) is 0 Å². The van der Waals surface area contributed by atoms with Crippen molar-refractivity contribution in [1.29, 1.82) is 0 Å². The Labute approximate surface area is 107 Å². The fourth-order valence-corrected chi connectivity index (χ4v) is 2.11. The van der Waals surface area contributed by atoms with Crippen LogP contribution in [0.4, 0.5) is 0 Å². The van der Waals surface area contributed by atoms with Crippen molar-refractivity contribution >= 4 is 11.8 Å². The summed E-state index contributed by atoms with van der Waals surface area (Å²) in [6, 6.07) is 7.63. The summed E-state index contributed by atoms with van der Waals surface area (Å²) in [7, 11) is 0. The fourth-order valence-electron chi connectivity index (χ4n) is 2.11. The van der Waals surface area contributed by atoms with E-state index in [2.05, 4.69) is 13.8 Å². The van der Waals surface area contributed by atoms with E-state index in [0.717, 1.165) is 6.42 Å². The first-order valence-corrected chi connectivity index (χ1v) is 6.45. The molecule has 3 heteroatoms. The molecule has 0 spiro atoms. The third kappa shape index (κ3) is 2.61. The molecule has 1 fully saturated rings. The maximum Gasteiger partial charge on any atom is 0.306 e. The fraction of sp³-hybridized carbons (Fsp3) is 0.467. The highest BCUT2D eigenvalue weighted by molar-refractivity contribution is 6.01. The number of hydrogen-bond acceptors (Lipinski definition) is 3. The van der Waals surface area contributed by atoms with Crippen molar-refractivity contribution in [3.63, 3.8) is 0 Å². The molecule has 1 aromatic rings. The molecular weight excluding hydrogens is 228 g/mol. The highest BCUT2D eigenvalue weighted by atomic mass is 16.6. The van der Waals surface area contributed by atoms with Crippen LogP contribution >= 0.6 is 0 Å². The van der Waals surface area contributed by atoms with Crippen LogP contribution in [0.5, 0.6) is 0 Å². The topological polar surface area (TPSA) is 43.4 Å². The lowest BCUT2D eigenvalue weighted by Crippen LogP contribution is -2.20. The molecular formula is C15H18O3. The molecule has 2 unspecified atom stereocenters. The quantitative estimate of drug-likeness (QED) is 0.605. The van der Waals surface area contributed by atoms with Crippen molar-refractivity contribution in [2.45, 2.75) is 45.1 Å². The van der Waals surface area contributed by atoms with Gasteiger partial charge in [0, 0.05) is 18.4 Å². The minimum absolute atomic E-state index is 0.0865. The van der Waals surface area contributed by atoms with Crippen LogP contribution in [0.25, 0.3) is 0 Å². The summed E-state index contributed by atoms with van der Waals surface area (Å²) in [4.78, 5) is 23.1. The van der Waals surface area contributed by atoms with Crippen LogP contribution in [0.3, 0.4) is 0 Å². The Morgan fingerprint density at radius 2 is 2.06 bits per heavy atom. The average molecular weight is 246 g/mol. The summed E-state index contributed by atoms with van der Waals surface area (Å²) in [5.41, 5.74) is 1.86. The number of carbonyl (C=O) groups excluding carboxylic acids is 2. The monoisotopic (exact) mass is 246 g/mol. The Morgan fingerprint density at radius 1 is 1.39 bits per heavy atom. The van der Waals surface area contributed by atoms with Crippen LogP contribution in [0, 0.1) is 0 Å². The van der Waals surface area contributed by atoms with Crippen molar-refractivity contribution in [2.75, 3.05) is 0 Å². The largest absolute Gasteiger partial charge is 0.454 e. The van der Waals surface area contributed by atoms with Gasteiger partial charge in [0.05, 0.1) is 0 Å². The molecule has 1 aliphatic heterocycles. The van der Waals surface area contributed by atoms with Gasteiger partial charge < -0.3 is 4.74 Å². The molecule has 1 aliphatic rings. The van der Waals surface area contributed by atoms with Gasteiger partial charge in [-0.15, -0.1) is 0 Å². The Kier molecular flexibility index (Phi) is 3.80. The second-order valence-electron chi connectivity index (χ2n) is 4.81. The van der Waals surface area contributed by atoms with Crippen LogP contribution in [0.2, 0.25) is 0 Å². The van der Waals surface area contributed by atoms with Gasteiger partial charge in [-0.2, -0.15) is 0 Å². The molecule has 0 bridgehead atoms. The van der Waals surface area contributed by atoms with Crippen LogP contribution < -0.4 is 0 Å². The molecule has 0 amide bonds. The van der Waals surface area contributed by atoms with Gasteiger partial charge in [-0.1, -0.05) is 38.1 Å².